The van der Waals surface area contributed by atoms with Crippen LogP contribution in [0.1, 0.15) is 20.3 Å². The molecular weight excluding hydrogens is 340 g/mol. The lowest BCUT2D eigenvalue weighted by atomic mass is 10.1. The molecule has 1 N–H and O–H groups in total. The van der Waals surface area contributed by atoms with E-state index < -0.39 is 0 Å². The predicted octanol–water partition coefficient (Wildman–Crippen LogP) is 4.05. The number of nitrogens with one attached hydrogen (secondary N) is 1. The normalized spacial score (nSPS) is 10.9. The summed E-state index contributed by atoms with van der Waals surface area (Å²) in [5, 5.41) is 11.9. The van der Waals surface area contributed by atoms with E-state index in [0.29, 0.717) is 0 Å². The van der Waals surface area contributed by atoms with Crippen LogP contribution in [-0.2, 0) is 0 Å². The first kappa shape index (κ1) is 16.9. The van der Waals surface area contributed by atoms with E-state index in [1.54, 1.807) is 0 Å². The van der Waals surface area contributed by atoms with Crippen molar-refractivity contribution in [1.29, 1.82) is 0 Å². The fourth-order valence-electron chi connectivity index (χ4n) is 2.26. The number of rotatable bonds is 8. The van der Waals surface area contributed by atoms with Gasteiger partial charge in [0, 0.05) is 16.6 Å². The zero-order valence-electron chi connectivity index (χ0n) is 13.2. The zero-order valence-corrected chi connectivity index (χ0v) is 14.8. The van der Waals surface area contributed by atoms with Gasteiger partial charge in [-0.05, 0) is 50.3 Å². The summed E-state index contributed by atoms with van der Waals surface area (Å²) in [7, 11) is 0. The van der Waals surface area contributed by atoms with Crippen molar-refractivity contribution >= 4 is 21.7 Å². The molecule has 0 spiro atoms. The molecule has 0 saturated carbocycles. The number of hydrogen-bond acceptors (Lipinski definition) is 4. The molecule has 0 unspecified atom stereocenters. The highest BCUT2D eigenvalue weighted by Crippen LogP contribution is 2.19. The topological polar surface area (TPSA) is 41.0 Å². The second-order valence-electron chi connectivity index (χ2n) is 5.12. The van der Waals surface area contributed by atoms with Gasteiger partial charge in [-0.2, -0.15) is 0 Å². The van der Waals surface area contributed by atoms with Gasteiger partial charge < -0.3 is 10.2 Å². The maximum absolute atomic E-state index is 4.29. The Bertz CT molecular complexity index is 550. The van der Waals surface area contributed by atoms with Crippen LogP contribution in [0.15, 0.2) is 40.9 Å². The molecule has 0 aliphatic rings. The van der Waals surface area contributed by atoms with Crippen LogP contribution < -0.4 is 5.32 Å². The Morgan fingerprint density at radius 3 is 2.32 bits per heavy atom. The van der Waals surface area contributed by atoms with E-state index >= 15 is 0 Å². The fraction of sp³-hybridized carbons (Fsp3) is 0.412. The summed E-state index contributed by atoms with van der Waals surface area (Å²) in [5.41, 5.74) is 1.96. The first-order valence-corrected chi connectivity index (χ1v) is 8.58. The van der Waals surface area contributed by atoms with Gasteiger partial charge in [-0.3, -0.25) is 0 Å². The molecule has 0 bridgehead atoms. The van der Waals surface area contributed by atoms with Gasteiger partial charge in [-0.15, -0.1) is 10.2 Å². The van der Waals surface area contributed by atoms with Crippen LogP contribution in [0.3, 0.4) is 0 Å². The first-order chi connectivity index (χ1) is 10.7. The lowest BCUT2D eigenvalue weighted by Gasteiger charge is -2.17. The molecule has 2 aromatic rings. The first-order valence-electron chi connectivity index (χ1n) is 7.78. The smallest absolute Gasteiger partial charge is 0.148 e. The van der Waals surface area contributed by atoms with Gasteiger partial charge in [0.1, 0.15) is 5.82 Å². The van der Waals surface area contributed by atoms with Crippen molar-refractivity contribution in [3.05, 3.63) is 40.9 Å². The molecule has 0 radical (unpaired) electrons. The highest BCUT2D eigenvalue weighted by molar-refractivity contribution is 9.10. The molecular formula is C17H23BrN4. The van der Waals surface area contributed by atoms with Crippen molar-refractivity contribution in [3.63, 3.8) is 0 Å². The Morgan fingerprint density at radius 2 is 1.73 bits per heavy atom. The minimum Gasteiger partial charge on any atom is -0.369 e. The minimum absolute atomic E-state index is 0.834. The van der Waals surface area contributed by atoms with Gasteiger partial charge in [0.2, 0.25) is 0 Å². The molecule has 0 aliphatic carbocycles. The van der Waals surface area contributed by atoms with E-state index in [9.17, 15) is 0 Å². The highest BCUT2D eigenvalue weighted by Gasteiger charge is 2.02. The summed E-state index contributed by atoms with van der Waals surface area (Å²) in [6.07, 6.45) is 1.11. The summed E-state index contributed by atoms with van der Waals surface area (Å²) in [4.78, 5) is 2.42. The van der Waals surface area contributed by atoms with Crippen molar-refractivity contribution in [1.82, 2.24) is 15.1 Å². The second-order valence-corrected chi connectivity index (χ2v) is 6.03. The lowest BCUT2D eigenvalue weighted by Crippen LogP contribution is -2.25. The van der Waals surface area contributed by atoms with E-state index in [4.69, 9.17) is 0 Å². The molecule has 0 saturated heterocycles. The van der Waals surface area contributed by atoms with Crippen LogP contribution in [0, 0.1) is 0 Å². The van der Waals surface area contributed by atoms with Crippen molar-refractivity contribution in [2.24, 2.45) is 0 Å². The summed E-state index contributed by atoms with van der Waals surface area (Å²) in [6.45, 7) is 8.65. The molecule has 22 heavy (non-hydrogen) atoms. The minimum atomic E-state index is 0.834. The van der Waals surface area contributed by atoms with Crippen LogP contribution in [0.5, 0.6) is 0 Å². The largest absolute Gasteiger partial charge is 0.369 e. The number of anilines is 1. The third kappa shape index (κ3) is 5.07. The van der Waals surface area contributed by atoms with Crippen LogP contribution >= 0.6 is 15.9 Å². The Hall–Kier alpha value is -1.46. The van der Waals surface area contributed by atoms with E-state index in [1.165, 1.54) is 0 Å². The van der Waals surface area contributed by atoms with Gasteiger partial charge in [0.25, 0.3) is 0 Å². The Kier molecular flexibility index (Phi) is 6.80. The van der Waals surface area contributed by atoms with Gasteiger partial charge in [0.05, 0.1) is 5.69 Å². The molecule has 5 heteroatoms. The number of halogens is 1. The van der Waals surface area contributed by atoms with Crippen molar-refractivity contribution < 1.29 is 0 Å². The molecule has 4 nitrogen and oxygen atoms in total. The third-order valence-corrected chi connectivity index (χ3v) is 4.18. The summed E-state index contributed by atoms with van der Waals surface area (Å²) in [6, 6.07) is 12.1. The molecule has 118 valence electrons. The van der Waals surface area contributed by atoms with Gasteiger partial charge >= 0.3 is 0 Å². The quantitative estimate of drug-likeness (QED) is 0.719. The summed E-state index contributed by atoms with van der Waals surface area (Å²) >= 11 is 3.44. The zero-order chi connectivity index (χ0) is 15.8. The number of benzene rings is 1. The van der Waals surface area contributed by atoms with Gasteiger partial charge in [0.15, 0.2) is 0 Å². The van der Waals surface area contributed by atoms with E-state index in [-0.39, 0.29) is 0 Å². The average Bonchev–Trinajstić information content (AvgIpc) is 2.56. The van der Waals surface area contributed by atoms with Crippen LogP contribution in [0.4, 0.5) is 5.82 Å². The molecule has 2 rings (SSSR count). The number of aromatic nitrogens is 2. The third-order valence-electron chi connectivity index (χ3n) is 3.66. The van der Waals surface area contributed by atoms with Gasteiger partial charge in [-0.25, -0.2) is 0 Å². The van der Waals surface area contributed by atoms with Crippen molar-refractivity contribution in [2.75, 3.05) is 31.5 Å². The second kappa shape index (κ2) is 8.86. The summed E-state index contributed by atoms with van der Waals surface area (Å²) in [5.74, 6) is 0.834. The lowest BCUT2D eigenvalue weighted by molar-refractivity contribution is 0.303. The number of hydrogen-bond donors (Lipinski definition) is 1. The van der Waals surface area contributed by atoms with Crippen LogP contribution in [0.25, 0.3) is 11.3 Å². The standard InChI is InChI=1S/C17H23BrN4/c1-3-22(4-2)13-5-12-19-17-11-10-16(20-21-17)14-6-8-15(18)9-7-14/h6-11H,3-5,12-13H2,1-2H3,(H,19,21). The average molecular weight is 363 g/mol. The maximum Gasteiger partial charge on any atom is 0.148 e. The number of nitrogens with zero attached hydrogens (tertiary/aromatic N) is 3. The molecule has 0 fully saturated rings. The van der Waals surface area contributed by atoms with Gasteiger partial charge in [-0.1, -0.05) is 41.9 Å². The highest BCUT2D eigenvalue weighted by atomic mass is 79.9. The van der Waals surface area contributed by atoms with E-state index in [0.717, 1.165) is 54.1 Å². The van der Waals surface area contributed by atoms with E-state index in [1.807, 2.05) is 36.4 Å². The molecule has 0 amide bonds. The molecule has 1 heterocycles. The Morgan fingerprint density at radius 1 is 1.00 bits per heavy atom. The molecule has 0 aliphatic heterocycles. The summed E-state index contributed by atoms with van der Waals surface area (Å²) < 4.78 is 1.07. The maximum atomic E-state index is 4.29. The van der Waals surface area contributed by atoms with Crippen LogP contribution in [-0.4, -0.2) is 41.3 Å². The monoisotopic (exact) mass is 362 g/mol. The van der Waals surface area contributed by atoms with Crippen LogP contribution in [0.2, 0.25) is 0 Å². The SMILES string of the molecule is CCN(CC)CCCNc1ccc(-c2ccc(Br)cc2)nn1. The van der Waals surface area contributed by atoms with Crippen molar-refractivity contribution in [3.8, 4) is 11.3 Å². The predicted molar refractivity (Wildman–Crippen MR) is 96.1 cm³/mol. The van der Waals surface area contributed by atoms with Crippen molar-refractivity contribution in [2.45, 2.75) is 20.3 Å². The van der Waals surface area contributed by atoms with E-state index in [2.05, 4.69) is 50.2 Å². The molecule has 1 aromatic carbocycles. The molecule has 1 aromatic heterocycles. The Balaban J connectivity index is 1.83. The fourth-order valence-corrected chi connectivity index (χ4v) is 2.52. The Labute approximate surface area is 141 Å². The molecule has 0 atom stereocenters.